The summed E-state index contributed by atoms with van der Waals surface area (Å²) in [6.45, 7) is 4.19. The predicted octanol–water partition coefficient (Wildman–Crippen LogP) is 4.24. The molecule has 0 atom stereocenters. The number of carbonyl (C=O) groups excluding carboxylic acids is 1. The third kappa shape index (κ3) is 3.45. The van der Waals surface area contributed by atoms with Gasteiger partial charge < -0.3 is 9.84 Å². The zero-order chi connectivity index (χ0) is 20.0. The fourth-order valence-electron chi connectivity index (χ4n) is 1.53. The summed E-state index contributed by atoms with van der Waals surface area (Å²) in [7, 11) is 0. The van der Waals surface area contributed by atoms with E-state index in [2.05, 4.69) is 4.74 Å². The van der Waals surface area contributed by atoms with Gasteiger partial charge in [-0.05, 0) is 34.1 Å². The molecule has 0 aliphatic rings. The normalized spacial score (nSPS) is 15.4. The molecule has 0 aromatic rings. The summed E-state index contributed by atoms with van der Waals surface area (Å²) in [6.07, 6.45) is -13.5. The maximum atomic E-state index is 14.1. The van der Waals surface area contributed by atoms with Gasteiger partial charge in [0.2, 0.25) is 0 Å². The second kappa shape index (κ2) is 5.99. The van der Waals surface area contributed by atoms with Crippen LogP contribution in [0.4, 0.5) is 35.1 Å². The van der Waals surface area contributed by atoms with Crippen LogP contribution in [0.5, 0.6) is 0 Å². The number of ether oxygens (including phenoxy) is 1. The van der Waals surface area contributed by atoms with Gasteiger partial charge in [0.15, 0.2) is 5.60 Å². The highest BCUT2D eigenvalue weighted by atomic mass is 19.4. The van der Waals surface area contributed by atoms with Crippen LogP contribution in [0.1, 0.15) is 41.0 Å². The quantitative estimate of drug-likeness (QED) is 0.579. The van der Waals surface area contributed by atoms with E-state index in [0.29, 0.717) is 0 Å². The van der Waals surface area contributed by atoms with E-state index in [9.17, 15) is 39.9 Å². The van der Waals surface area contributed by atoms with Crippen LogP contribution in [-0.2, 0) is 9.53 Å². The first-order chi connectivity index (χ1) is 10.2. The number of carbonyl (C=O) groups is 1. The molecule has 0 fully saturated rings. The van der Waals surface area contributed by atoms with Crippen molar-refractivity contribution in [2.24, 2.45) is 5.41 Å². The van der Waals surface area contributed by atoms with Crippen molar-refractivity contribution >= 4 is 5.97 Å². The minimum absolute atomic E-state index is 0.0241. The molecule has 0 aliphatic carbocycles. The van der Waals surface area contributed by atoms with Crippen molar-refractivity contribution < 1.29 is 49.8 Å². The van der Waals surface area contributed by atoms with E-state index < -0.39 is 40.9 Å². The lowest BCUT2D eigenvalue weighted by atomic mass is 9.82. The first-order valence-electron chi connectivity index (χ1n) is 6.66. The van der Waals surface area contributed by atoms with Crippen molar-refractivity contribution in [2.75, 3.05) is 0 Å². The SMILES string of the molecule is CCC(C)(C)C(=O)OC(C)(C)C(F)(F)C(O)(C(F)(F)F)C(F)(F)F. The van der Waals surface area contributed by atoms with Crippen LogP contribution in [0.3, 0.4) is 0 Å². The molecular formula is C13H18F8O3. The number of alkyl halides is 8. The van der Waals surface area contributed by atoms with Crippen LogP contribution in [0, 0.1) is 5.41 Å². The van der Waals surface area contributed by atoms with Crippen LogP contribution < -0.4 is 0 Å². The molecule has 24 heavy (non-hydrogen) atoms. The summed E-state index contributed by atoms with van der Waals surface area (Å²) in [5.74, 6) is -7.35. The van der Waals surface area contributed by atoms with Gasteiger partial charge in [0.25, 0.3) is 0 Å². The summed E-state index contributed by atoms with van der Waals surface area (Å²) in [6, 6.07) is 0. The van der Waals surface area contributed by atoms with Crippen molar-refractivity contribution in [3.05, 3.63) is 0 Å². The molecule has 1 N–H and O–H groups in total. The van der Waals surface area contributed by atoms with E-state index in [0.717, 1.165) is 0 Å². The van der Waals surface area contributed by atoms with E-state index in [1.807, 2.05) is 0 Å². The Balaban J connectivity index is 6.13. The zero-order valence-corrected chi connectivity index (χ0v) is 13.5. The third-order valence-corrected chi connectivity index (χ3v) is 3.82. The molecule has 0 heterocycles. The van der Waals surface area contributed by atoms with Crippen LogP contribution in [0.15, 0.2) is 0 Å². The van der Waals surface area contributed by atoms with Crippen molar-refractivity contribution in [2.45, 2.75) is 70.5 Å². The van der Waals surface area contributed by atoms with Gasteiger partial charge in [-0.1, -0.05) is 6.92 Å². The van der Waals surface area contributed by atoms with E-state index in [1.54, 1.807) is 0 Å². The van der Waals surface area contributed by atoms with Crippen LogP contribution in [0.2, 0.25) is 0 Å². The minimum Gasteiger partial charge on any atom is -0.453 e. The molecule has 144 valence electrons. The lowest BCUT2D eigenvalue weighted by Crippen LogP contribution is -2.74. The Morgan fingerprint density at radius 3 is 1.46 bits per heavy atom. The lowest BCUT2D eigenvalue weighted by Gasteiger charge is -2.45. The summed E-state index contributed by atoms with van der Waals surface area (Å²) < 4.78 is 109. The molecule has 0 saturated heterocycles. The zero-order valence-electron chi connectivity index (χ0n) is 13.5. The summed E-state index contributed by atoms with van der Waals surface area (Å²) in [5.41, 5.74) is -11.4. The van der Waals surface area contributed by atoms with Gasteiger partial charge in [-0.2, -0.15) is 35.1 Å². The van der Waals surface area contributed by atoms with Gasteiger partial charge in [0.1, 0.15) is 0 Å². The Bertz CT molecular complexity index is 463. The molecule has 0 spiro atoms. The van der Waals surface area contributed by atoms with Gasteiger partial charge in [0.05, 0.1) is 5.41 Å². The summed E-state index contributed by atoms with van der Waals surface area (Å²) >= 11 is 0. The summed E-state index contributed by atoms with van der Waals surface area (Å²) in [4.78, 5) is 11.8. The second-order valence-corrected chi connectivity index (χ2v) is 6.42. The van der Waals surface area contributed by atoms with E-state index in [4.69, 9.17) is 5.11 Å². The monoisotopic (exact) mass is 374 g/mol. The molecule has 0 bridgehead atoms. The molecule has 0 aromatic heterocycles. The van der Waals surface area contributed by atoms with Gasteiger partial charge in [-0.3, -0.25) is 4.79 Å². The van der Waals surface area contributed by atoms with Crippen molar-refractivity contribution in [1.82, 2.24) is 0 Å². The van der Waals surface area contributed by atoms with E-state index in [1.165, 1.54) is 20.8 Å². The Labute approximate surface area is 133 Å². The molecule has 0 amide bonds. The molecule has 11 heteroatoms. The molecule has 0 aromatic carbocycles. The molecular weight excluding hydrogens is 356 g/mol. The molecule has 0 unspecified atom stereocenters. The van der Waals surface area contributed by atoms with E-state index in [-0.39, 0.29) is 20.3 Å². The van der Waals surface area contributed by atoms with Gasteiger partial charge in [-0.25, -0.2) is 0 Å². The topological polar surface area (TPSA) is 46.5 Å². The Morgan fingerprint density at radius 2 is 1.21 bits per heavy atom. The van der Waals surface area contributed by atoms with Gasteiger partial charge >= 0.3 is 29.8 Å². The van der Waals surface area contributed by atoms with E-state index >= 15 is 0 Å². The first-order valence-corrected chi connectivity index (χ1v) is 6.66. The Hall–Kier alpha value is -1.13. The average molecular weight is 374 g/mol. The Kier molecular flexibility index (Phi) is 5.71. The molecule has 0 rings (SSSR count). The fourth-order valence-corrected chi connectivity index (χ4v) is 1.53. The maximum absolute atomic E-state index is 14.1. The maximum Gasteiger partial charge on any atom is 0.432 e. The van der Waals surface area contributed by atoms with Crippen LogP contribution in [0.25, 0.3) is 0 Å². The average Bonchev–Trinajstić information content (AvgIpc) is 2.33. The fraction of sp³-hybridized carbons (Fsp3) is 0.923. The van der Waals surface area contributed by atoms with Crippen molar-refractivity contribution in [3.8, 4) is 0 Å². The molecule has 0 saturated carbocycles. The predicted molar refractivity (Wildman–Crippen MR) is 66.2 cm³/mol. The highest BCUT2D eigenvalue weighted by molar-refractivity contribution is 5.76. The first kappa shape index (κ1) is 22.9. The number of aliphatic hydroxyl groups is 1. The molecule has 0 radical (unpaired) electrons. The van der Waals surface area contributed by atoms with Gasteiger partial charge in [0, 0.05) is 0 Å². The van der Waals surface area contributed by atoms with Crippen molar-refractivity contribution in [3.63, 3.8) is 0 Å². The highest BCUT2D eigenvalue weighted by Gasteiger charge is 2.86. The summed E-state index contributed by atoms with van der Waals surface area (Å²) in [5, 5.41) is 8.93. The van der Waals surface area contributed by atoms with Crippen molar-refractivity contribution in [1.29, 1.82) is 0 Å². The highest BCUT2D eigenvalue weighted by Crippen LogP contribution is 2.56. The Morgan fingerprint density at radius 1 is 0.875 bits per heavy atom. The second-order valence-electron chi connectivity index (χ2n) is 6.42. The molecule has 3 nitrogen and oxygen atoms in total. The third-order valence-electron chi connectivity index (χ3n) is 3.82. The largest absolute Gasteiger partial charge is 0.453 e. The standard InChI is InChI=1S/C13H18F8O3/c1-6-8(2,3)7(22)24-9(4,5)11(14,15)10(23,12(16,17)18)13(19,20)21/h23H,6H2,1-5H3. The smallest absolute Gasteiger partial charge is 0.432 e. The number of halogens is 8. The number of hydrogen-bond donors (Lipinski definition) is 1. The molecule has 0 aliphatic heterocycles. The number of esters is 1. The lowest BCUT2D eigenvalue weighted by molar-refractivity contribution is -0.441. The number of rotatable bonds is 5. The minimum atomic E-state index is -6.77. The number of hydrogen-bond acceptors (Lipinski definition) is 3. The van der Waals surface area contributed by atoms with Crippen LogP contribution in [-0.4, -0.2) is 40.6 Å². The van der Waals surface area contributed by atoms with Gasteiger partial charge in [-0.15, -0.1) is 0 Å². The van der Waals surface area contributed by atoms with Crippen LogP contribution >= 0.6 is 0 Å².